The van der Waals surface area contributed by atoms with Crippen LogP contribution in [0.4, 0.5) is 10.1 Å². The first-order valence-electron chi connectivity index (χ1n) is 7.90. The van der Waals surface area contributed by atoms with E-state index in [1.807, 2.05) is 0 Å². The molecule has 1 N–H and O–H groups in total. The van der Waals surface area contributed by atoms with Crippen LogP contribution in [0.3, 0.4) is 0 Å². The third-order valence-electron chi connectivity index (χ3n) is 3.56. The molecule has 0 aliphatic heterocycles. The summed E-state index contributed by atoms with van der Waals surface area (Å²) in [5.74, 6) is -0.790. The van der Waals surface area contributed by atoms with E-state index in [2.05, 4.69) is 15.5 Å². The predicted molar refractivity (Wildman–Crippen MR) is 104 cm³/mol. The minimum atomic E-state index is -0.500. The fourth-order valence-corrected chi connectivity index (χ4v) is 3.16. The zero-order chi connectivity index (χ0) is 20.1. The predicted octanol–water partition coefficient (Wildman–Crippen LogP) is 4.25. The quantitative estimate of drug-likeness (QED) is 0.476. The summed E-state index contributed by atoms with van der Waals surface area (Å²) in [6.45, 7) is 0.214. The van der Waals surface area contributed by atoms with E-state index in [1.165, 1.54) is 30.3 Å². The van der Waals surface area contributed by atoms with E-state index in [0.29, 0.717) is 10.6 Å². The van der Waals surface area contributed by atoms with Gasteiger partial charge in [0.25, 0.3) is 11.6 Å². The molecule has 0 radical (unpaired) electrons. The smallest absolute Gasteiger partial charge is 0.282 e. The summed E-state index contributed by atoms with van der Waals surface area (Å²) in [6, 6.07) is 11.7. The van der Waals surface area contributed by atoms with Gasteiger partial charge in [0.2, 0.25) is 5.01 Å². The maximum absolute atomic E-state index is 12.9. The number of amides is 1. The van der Waals surface area contributed by atoms with Gasteiger partial charge in [-0.1, -0.05) is 47.2 Å². The molecule has 0 aliphatic rings. The lowest BCUT2D eigenvalue weighted by atomic mass is 10.2. The maximum atomic E-state index is 12.9. The van der Waals surface area contributed by atoms with Gasteiger partial charge < -0.3 is 5.32 Å². The summed E-state index contributed by atoms with van der Waals surface area (Å²) < 4.78 is 12.9. The van der Waals surface area contributed by atoms with Gasteiger partial charge in [-0.15, -0.1) is 10.2 Å². The van der Waals surface area contributed by atoms with Crippen molar-refractivity contribution in [1.29, 1.82) is 0 Å². The van der Waals surface area contributed by atoms with Crippen LogP contribution in [0.1, 0.15) is 25.9 Å². The Morgan fingerprint density at radius 3 is 2.64 bits per heavy atom. The number of carbonyl (C=O) groups excluding carboxylic acids is 1. The fourth-order valence-electron chi connectivity index (χ4n) is 2.21. The third kappa shape index (κ3) is 4.96. The maximum Gasteiger partial charge on any atom is 0.282 e. The Labute approximate surface area is 167 Å². The lowest BCUT2D eigenvalue weighted by molar-refractivity contribution is -0.384. The molecule has 2 aromatic carbocycles. The SMILES string of the molecule is O=C(NCc1ccc(F)cc1)c1nnc(/C(Cl)=C\c2cccc([N+](=O)[O-])c2)s1. The summed E-state index contributed by atoms with van der Waals surface area (Å²) in [5.41, 5.74) is 1.20. The van der Waals surface area contributed by atoms with Crippen molar-refractivity contribution in [1.82, 2.24) is 15.5 Å². The Bertz CT molecular complexity index is 1050. The Hall–Kier alpha value is -3.17. The normalized spacial score (nSPS) is 11.3. The first kappa shape index (κ1) is 19.6. The highest BCUT2D eigenvalue weighted by Gasteiger charge is 2.15. The number of non-ortho nitro benzene ring substituents is 1. The molecule has 1 heterocycles. The molecular weight excluding hydrogens is 407 g/mol. The van der Waals surface area contributed by atoms with Crippen LogP contribution in [0.5, 0.6) is 0 Å². The number of nitrogens with one attached hydrogen (secondary N) is 1. The Morgan fingerprint density at radius 2 is 1.93 bits per heavy atom. The minimum Gasteiger partial charge on any atom is -0.346 e. The van der Waals surface area contributed by atoms with Gasteiger partial charge in [-0.25, -0.2) is 4.39 Å². The molecule has 7 nitrogen and oxygen atoms in total. The van der Waals surface area contributed by atoms with Crippen molar-refractivity contribution in [2.45, 2.75) is 6.54 Å². The molecule has 0 spiro atoms. The molecule has 0 saturated carbocycles. The molecule has 0 fully saturated rings. The highest BCUT2D eigenvalue weighted by atomic mass is 35.5. The summed E-state index contributed by atoms with van der Waals surface area (Å²) in [4.78, 5) is 22.5. The molecule has 3 aromatic rings. The summed E-state index contributed by atoms with van der Waals surface area (Å²) in [7, 11) is 0. The molecule has 0 aliphatic carbocycles. The summed E-state index contributed by atoms with van der Waals surface area (Å²) in [6.07, 6.45) is 1.51. The molecule has 0 atom stereocenters. The van der Waals surface area contributed by atoms with Crippen molar-refractivity contribution in [3.05, 3.63) is 85.6 Å². The van der Waals surface area contributed by atoms with E-state index in [4.69, 9.17) is 11.6 Å². The number of carbonyl (C=O) groups is 1. The van der Waals surface area contributed by atoms with Gasteiger partial charge >= 0.3 is 0 Å². The number of nitro groups is 1. The number of nitrogens with zero attached hydrogens (tertiary/aromatic N) is 3. The zero-order valence-electron chi connectivity index (χ0n) is 14.1. The van der Waals surface area contributed by atoms with E-state index < -0.39 is 10.8 Å². The van der Waals surface area contributed by atoms with Gasteiger partial charge in [-0.2, -0.15) is 0 Å². The topological polar surface area (TPSA) is 98.0 Å². The molecule has 0 bridgehead atoms. The number of nitro benzene ring substituents is 1. The molecule has 28 heavy (non-hydrogen) atoms. The number of benzene rings is 2. The van der Waals surface area contributed by atoms with Gasteiger partial charge in [0.1, 0.15) is 5.82 Å². The summed E-state index contributed by atoms with van der Waals surface area (Å²) >= 11 is 7.20. The Morgan fingerprint density at radius 1 is 1.21 bits per heavy atom. The lowest BCUT2D eigenvalue weighted by Gasteiger charge is -2.02. The van der Waals surface area contributed by atoms with E-state index in [9.17, 15) is 19.3 Å². The Kier molecular flexibility index (Phi) is 6.07. The molecule has 1 amide bonds. The fraction of sp³-hybridized carbons (Fsp3) is 0.0556. The van der Waals surface area contributed by atoms with Crippen molar-refractivity contribution in [3.63, 3.8) is 0 Å². The largest absolute Gasteiger partial charge is 0.346 e. The van der Waals surface area contributed by atoms with Crippen molar-refractivity contribution < 1.29 is 14.1 Å². The van der Waals surface area contributed by atoms with Gasteiger partial charge in [0.05, 0.1) is 9.96 Å². The molecule has 3 rings (SSSR count). The van der Waals surface area contributed by atoms with Crippen molar-refractivity contribution in [3.8, 4) is 0 Å². The first-order valence-corrected chi connectivity index (χ1v) is 9.10. The molecule has 10 heteroatoms. The standard InChI is InChI=1S/C18H12ClFN4O3S/c19-15(9-12-2-1-3-14(8-12)24(26)27)17-22-23-18(28-17)16(25)21-10-11-4-6-13(20)7-5-11/h1-9H,10H2,(H,21,25)/b15-9+. The van der Waals surface area contributed by atoms with Crippen molar-refractivity contribution in [2.75, 3.05) is 0 Å². The van der Waals surface area contributed by atoms with Crippen LogP contribution in [-0.2, 0) is 6.54 Å². The summed E-state index contributed by atoms with van der Waals surface area (Å²) in [5, 5.41) is 21.8. The van der Waals surface area contributed by atoms with Crippen molar-refractivity contribution >= 4 is 45.6 Å². The van der Waals surface area contributed by atoms with E-state index >= 15 is 0 Å². The van der Waals surface area contributed by atoms with Crippen LogP contribution < -0.4 is 5.32 Å². The first-order chi connectivity index (χ1) is 13.4. The zero-order valence-corrected chi connectivity index (χ0v) is 15.7. The van der Waals surface area contributed by atoms with Crippen LogP contribution in [0, 0.1) is 15.9 Å². The van der Waals surface area contributed by atoms with Crippen LogP contribution in [-0.4, -0.2) is 21.0 Å². The van der Waals surface area contributed by atoms with Crippen LogP contribution in [0.25, 0.3) is 11.1 Å². The molecule has 0 saturated heterocycles. The minimum absolute atomic E-state index is 0.0589. The van der Waals surface area contributed by atoms with Crippen LogP contribution in [0.2, 0.25) is 0 Å². The van der Waals surface area contributed by atoms with Gasteiger partial charge in [0.15, 0.2) is 5.01 Å². The average molecular weight is 419 g/mol. The number of halogens is 2. The Balaban J connectivity index is 1.68. The number of aromatic nitrogens is 2. The lowest BCUT2D eigenvalue weighted by Crippen LogP contribution is -2.22. The van der Waals surface area contributed by atoms with Gasteiger partial charge in [-0.3, -0.25) is 14.9 Å². The van der Waals surface area contributed by atoms with E-state index in [1.54, 1.807) is 24.3 Å². The van der Waals surface area contributed by atoms with E-state index in [0.717, 1.165) is 16.9 Å². The number of hydrogen-bond donors (Lipinski definition) is 1. The second-order valence-corrected chi connectivity index (χ2v) is 6.95. The second-order valence-electron chi connectivity index (χ2n) is 5.57. The number of rotatable bonds is 6. The van der Waals surface area contributed by atoms with Crippen LogP contribution >= 0.6 is 22.9 Å². The molecule has 1 aromatic heterocycles. The third-order valence-corrected chi connectivity index (χ3v) is 4.92. The number of hydrogen-bond acceptors (Lipinski definition) is 6. The van der Waals surface area contributed by atoms with Crippen molar-refractivity contribution in [2.24, 2.45) is 0 Å². The highest BCUT2D eigenvalue weighted by Crippen LogP contribution is 2.26. The van der Waals surface area contributed by atoms with Gasteiger partial charge in [0, 0.05) is 18.7 Å². The van der Waals surface area contributed by atoms with E-state index in [-0.39, 0.29) is 28.1 Å². The molecular formula is C18H12ClFN4O3S. The monoisotopic (exact) mass is 418 g/mol. The average Bonchev–Trinajstić information content (AvgIpc) is 3.18. The van der Waals surface area contributed by atoms with Crippen LogP contribution in [0.15, 0.2) is 48.5 Å². The molecule has 142 valence electrons. The second kappa shape index (κ2) is 8.68. The molecule has 0 unspecified atom stereocenters. The van der Waals surface area contributed by atoms with Gasteiger partial charge in [-0.05, 0) is 29.3 Å². The highest BCUT2D eigenvalue weighted by molar-refractivity contribution is 7.15.